The lowest BCUT2D eigenvalue weighted by molar-refractivity contribution is -0.123. The minimum atomic E-state index is -4.30. The number of carbonyl (C=O) groups is 1. The van der Waals surface area contributed by atoms with Gasteiger partial charge in [-0.15, -0.1) is 0 Å². The number of hydrogen-bond donors (Lipinski definition) is 4. The Morgan fingerprint density at radius 1 is 0.659 bits per heavy atom. The fourth-order valence-electron chi connectivity index (χ4n) is 5.61. The van der Waals surface area contributed by atoms with Gasteiger partial charge in [0.1, 0.15) is 0 Å². The van der Waals surface area contributed by atoms with Crippen LogP contribution in [0.15, 0.2) is 0 Å². The molecule has 0 aromatic rings. The summed E-state index contributed by atoms with van der Waals surface area (Å²) in [6, 6.07) is -0.765. The Kier molecular flexibility index (Phi) is 32.1. The third-order valence-electron chi connectivity index (χ3n) is 8.46. The Morgan fingerprint density at radius 3 is 1.45 bits per heavy atom. The summed E-state index contributed by atoms with van der Waals surface area (Å²) in [7, 11) is -4.30. The fourth-order valence-corrected chi connectivity index (χ4v) is 6.37. The summed E-state index contributed by atoms with van der Waals surface area (Å²) in [6.45, 7) is 4.20. The standard InChI is InChI=1S/C35H73N2O6P/c1-3-5-7-9-11-13-15-17-18-20-22-24-26-28-34(38)33(32-43-44(40,41)42-31-30-36)37-35(39)29-27-25-23-21-19-16-14-12-10-8-6-4-2/h33-34,38H,3-32,36H2,1-2H3,(H,37,39)(H,40,41)/t33-,34+/m0/s1. The summed E-state index contributed by atoms with van der Waals surface area (Å²) >= 11 is 0. The van der Waals surface area contributed by atoms with Crippen molar-refractivity contribution in [2.24, 2.45) is 5.73 Å². The molecular weight excluding hydrogens is 575 g/mol. The van der Waals surface area contributed by atoms with Crippen LogP contribution in [-0.2, 0) is 18.4 Å². The van der Waals surface area contributed by atoms with Crippen LogP contribution in [0.1, 0.15) is 187 Å². The van der Waals surface area contributed by atoms with Crippen molar-refractivity contribution in [2.45, 2.75) is 199 Å². The average molecular weight is 649 g/mol. The SMILES string of the molecule is CCCCCCCCCCCCCCC[C@@H](O)[C@H](COP(=O)(O)OCCN)NC(=O)CCCCCCCCCCCCCC. The fraction of sp³-hybridized carbons (Fsp3) is 0.971. The molecule has 0 bridgehead atoms. The van der Waals surface area contributed by atoms with E-state index < -0.39 is 20.0 Å². The van der Waals surface area contributed by atoms with Crippen LogP contribution in [0.2, 0.25) is 0 Å². The molecule has 1 unspecified atom stereocenters. The van der Waals surface area contributed by atoms with Crippen LogP contribution in [-0.4, -0.2) is 47.8 Å². The van der Waals surface area contributed by atoms with Gasteiger partial charge >= 0.3 is 7.82 Å². The van der Waals surface area contributed by atoms with Crippen LogP contribution in [0.5, 0.6) is 0 Å². The van der Waals surface area contributed by atoms with E-state index in [0.717, 1.165) is 38.5 Å². The zero-order valence-corrected chi connectivity index (χ0v) is 29.8. The lowest BCUT2D eigenvalue weighted by Gasteiger charge is -2.25. The van der Waals surface area contributed by atoms with E-state index in [0.29, 0.717) is 12.8 Å². The minimum Gasteiger partial charge on any atom is -0.391 e. The molecule has 8 nitrogen and oxygen atoms in total. The van der Waals surface area contributed by atoms with Crippen molar-refractivity contribution in [3.05, 3.63) is 0 Å². The highest BCUT2D eigenvalue weighted by molar-refractivity contribution is 7.47. The van der Waals surface area contributed by atoms with Crippen LogP contribution in [0.4, 0.5) is 0 Å². The molecule has 0 fully saturated rings. The molecule has 0 rings (SSSR count). The van der Waals surface area contributed by atoms with E-state index in [-0.39, 0.29) is 25.7 Å². The average Bonchev–Trinajstić information content (AvgIpc) is 3.01. The molecule has 0 aromatic heterocycles. The summed E-state index contributed by atoms with van der Waals surface area (Å²) < 4.78 is 22.1. The van der Waals surface area contributed by atoms with Crippen LogP contribution in [0.25, 0.3) is 0 Å². The van der Waals surface area contributed by atoms with Crippen LogP contribution in [0.3, 0.4) is 0 Å². The van der Waals surface area contributed by atoms with E-state index in [9.17, 15) is 19.4 Å². The molecule has 1 amide bonds. The Balaban J connectivity index is 4.24. The number of unbranched alkanes of at least 4 members (excludes halogenated alkanes) is 23. The molecule has 0 aromatic carbocycles. The van der Waals surface area contributed by atoms with E-state index in [1.54, 1.807) is 0 Å². The van der Waals surface area contributed by atoms with E-state index in [1.165, 1.54) is 122 Å². The van der Waals surface area contributed by atoms with Crippen LogP contribution in [0, 0.1) is 0 Å². The van der Waals surface area contributed by atoms with Crippen molar-refractivity contribution in [1.82, 2.24) is 5.32 Å². The Hall–Kier alpha value is -0.500. The first kappa shape index (κ1) is 43.5. The molecule has 0 saturated carbocycles. The highest BCUT2D eigenvalue weighted by atomic mass is 31.2. The third-order valence-corrected chi connectivity index (χ3v) is 9.45. The number of aliphatic hydroxyl groups is 1. The molecule has 9 heteroatoms. The number of aliphatic hydroxyl groups excluding tert-OH is 1. The van der Waals surface area contributed by atoms with Gasteiger partial charge in [0, 0.05) is 13.0 Å². The predicted molar refractivity (Wildman–Crippen MR) is 185 cm³/mol. The maximum absolute atomic E-state index is 12.7. The molecule has 0 radical (unpaired) electrons. The van der Waals surface area contributed by atoms with Gasteiger partial charge in [0.05, 0.1) is 25.4 Å². The van der Waals surface area contributed by atoms with Gasteiger partial charge in [0.15, 0.2) is 0 Å². The number of amides is 1. The molecular formula is C35H73N2O6P. The van der Waals surface area contributed by atoms with Crippen molar-refractivity contribution in [3.63, 3.8) is 0 Å². The van der Waals surface area contributed by atoms with Crippen molar-refractivity contribution in [3.8, 4) is 0 Å². The van der Waals surface area contributed by atoms with Gasteiger partial charge in [-0.3, -0.25) is 13.8 Å². The number of phosphoric acid groups is 1. The zero-order chi connectivity index (χ0) is 32.6. The summed E-state index contributed by atoms with van der Waals surface area (Å²) in [5.74, 6) is -0.161. The zero-order valence-electron chi connectivity index (χ0n) is 28.9. The third kappa shape index (κ3) is 30.2. The number of phosphoric ester groups is 1. The van der Waals surface area contributed by atoms with Gasteiger partial charge in [-0.1, -0.05) is 168 Å². The number of carbonyl (C=O) groups excluding carboxylic acids is 1. The molecule has 5 N–H and O–H groups in total. The van der Waals surface area contributed by atoms with Gasteiger partial charge in [0.25, 0.3) is 0 Å². The second kappa shape index (κ2) is 32.4. The van der Waals surface area contributed by atoms with Gasteiger partial charge in [0.2, 0.25) is 5.91 Å². The second-order valence-corrected chi connectivity index (χ2v) is 14.3. The second-order valence-electron chi connectivity index (χ2n) is 12.8. The topological polar surface area (TPSA) is 131 Å². The molecule has 264 valence electrons. The number of nitrogens with two attached hydrogens (primary N) is 1. The van der Waals surface area contributed by atoms with Gasteiger partial charge in [-0.2, -0.15) is 0 Å². The first-order valence-corrected chi connectivity index (χ1v) is 20.1. The Bertz CT molecular complexity index is 669. The number of nitrogens with one attached hydrogen (secondary N) is 1. The quantitative estimate of drug-likeness (QED) is 0.0398. The number of rotatable bonds is 35. The van der Waals surface area contributed by atoms with Gasteiger partial charge < -0.3 is 21.1 Å². The van der Waals surface area contributed by atoms with E-state index in [4.69, 9.17) is 14.8 Å². The minimum absolute atomic E-state index is 0.0921. The molecule has 0 heterocycles. The molecule has 0 saturated heterocycles. The van der Waals surface area contributed by atoms with E-state index in [2.05, 4.69) is 19.2 Å². The maximum atomic E-state index is 12.7. The monoisotopic (exact) mass is 649 g/mol. The summed E-state index contributed by atoms with van der Waals surface area (Å²) in [6.07, 6.45) is 31.0. The molecule has 0 aliphatic heterocycles. The molecule has 0 aliphatic carbocycles. The van der Waals surface area contributed by atoms with Crippen LogP contribution >= 0.6 is 7.82 Å². The van der Waals surface area contributed by atoms with Crippen molar-refractivity contribution < 1.29 is 28.4 Å². The molecule has 3 atom stereocenters. The summed E-state index contributed by atoms with van der Waals surface area (Å²) in [5, 5.41) is 13.7. The normalized spacial score (nSPS) is 14.4. The molecule has 0 aliphatic rings. The Labute approximate surface area is 272 Å². The lowest BCUT2D eigenvalue weighted by atomic mass is 10.0. The predicted octanol–water partition coefficient (Wildman–Crippen LogP) is 9.50. The highest BCUT2D eigenvalue weighted by Gasteiger charge is 2.27. The molecule has 44 heavy (non-hydrogen) atoms. The smallest absolute Gasteiger partial charge is 0.391 e. The van der Waals surface area contributed by atoms with Crippen molar-refractivity contribution in [1.29, 1.82) is 0 Å². The van der Waals surface area contributed by atoms with E-state index >= 15 is 0 Å². The first-order valence-electron chi connectivity index (χ1n) is 18.7. The van der Waals surface area contributed by atoms with Gasteiger partial charge in [-0.25, -0.2) is 4.57 Å². The highest BCUT2D eigenvalue weighted by Crippen LogP contribution is 2.43. The van der Waals surface area contributed by atoms with Gasteiger partial charge in [-0.05, 0) is 12.8 Å². The largest absolute Gasteiger partial charge is 0.472 e. The summed E-state index contributed by atoms with van der Waals surface area (Å²) in [4.78, 5) is 22.6. The van der Waals surface area contributed by atoms with Crippen molar-refractivity contribution >= 4 is 13.7 Å². The molecule has 0 spiro atoms. The Morgan fingerprint density at radius 2 is 1.05 bits per heavy atom. The maximum Gasteiger partial charge on any atom is 0.472 e. The van der Waals surface area contributed by atoms with Crippen LogP contribution < -0.4 is 11.1 Å². The van der Waals surface area contributed by atoms with E-state index in [1.807, 2.05) is 0 Å². The summed E-state index contributed by atoms with van der Waals surface area (Å²) in [5.41, 5.74) is 5.35. The number of hydrogen-bond acceptors (Lipinski definition) is 6. The lowest BCUT2D eigenvalue weighted by Crippen LogP contribution is -2.46. The van der Waals surface area contributed by atoms with Crippen molar-refractivity contribution in [2.75, 3.05) is 19.8 Å². The first-order chi connectivity index (χ1) is 21.4.